The highest BCUT2D eigenvalue weighted by molar-refractivity contribution is 5.70. The van der Waals surface area contributed by atoms with Gasteiger partial charge in [0.15, 0.2) is 23.1 Å². The second kappa shape index (κ2) is 6.54. The van der Waals surface area contributed by atoms with E-state index in [1.807, 2.05) is 44.4 Å². The van der Waals surface area contributed by atoms with E-state index in [-0.39, 0.29) is 5.75 Å². The standard InChI is InChI=1S/C18H18N4O2/c1-22(2)18-20-16(12-8-5-4-6-9-12)19-17(21-18)13-10-7-11-14(24-3)15(13)23/h4-11,23H,1-3H3. The largest absolute Gasteiger partial charge is 0.504 e. The molecular weight excluding hydrogens is 304 g/mol. The van der Waals surface area contributed by atoms with Crippen molar-refractivity contribution < 1.29 is 9.84 Å². The van der Waals surface area contributed by atoms with E-state index in [0.717, 1.165) is 5.56 Å². The van der Waals surface area contributed by atoms with E-state index in [0.29, 0.717) is 28.9 Å². The third-order valence-corrected chi connectivity index (χ3v) is 3.52. The second-order valence-corrected chi connectivity index (χ2v) is 5.40. The van der Waals surface area contributed by atoms with Gasteiger partial charge in [-0.2, -0.15) is 9.97 Å². The molecule has 0 aliphatic carbocycles. The Morgan fingerprint density at radius 3 is 2.25 bits per heavy atom. The van der Waals surface area contributed by atoms with E-state index in [4.69, 9.17) is 4.74 Å². The molecule has 0 fully saturated rings. The monoisotopic (exact) mass is 322 g/mol. The SMILES string of the molecule is COc1cccc(-c2nc(-c3ccccc3)nc(N(C)C)n2)c1O. The Balaban J connectivity index is 2.20. The molecule has 3 aromatic rings. The van der Waals surface area contributed by atoms with Crippen LogP contribution in [0.5, 0.6) is 11.5 Å². The Labute approximate surface area is 140 Å². The molecule has 6 nitrogen and oxygen atoms in total. The zero-order chi connectivity index (χ0) is 17.1. The van der Waals surface area contributed by atoms with Crippen LogP contribution >= 0.6 is 0 Å². The number of hydrogen-bond acceptors (Lipinski definition) is 6. The summed E-state index contributed by atoms with van der Waals surface area (Å²) >= 11 is 0. The first kappa shape index (κ1) is 15.7. The first-order chi connectivity index (χ1) is 11.6. The van der Waals surface area contributed by atoms with Crippen molar-refractivity contribution in [2.24, 2.45) is 0 Å². The van der Waals surface area contributed by atoms with Gasteiger partial charge in [-0.15, -0.1) is 0 Å². The van der Waals surface area contributed by atoms with E-state index in [1.165, 1.54) is 7.11 Å². The lowest BCUT2D eigenvalue weighted by atomic mass is 10.1. The van der Waals surface area contributed by atoms with Crippen LogP contribution in [0.25, 0.3) is 22.8 Å². The number of aromatic nitrogens is 3. The molecular formula is C18H18N4O2. The summed E-state index contributed by atoms with van der Waals surface area (Å²) < 4.78 is 5.17. The minimum atomic E-state index is 0.00918. The van der Waals surface area contributed by atoms with Crippen LogP contribution in [0.3, 0.4) is 0 Å². The van der Waals surface area contributed by atoms with Gasteiger partial charge in [-0.3, -0.25) is 0 Å². The van der Waals surface area contributed by atoms with Crippen molar-refractivity contribution in [1.82, 2.24) is 15.0 Å². The molecule has 1 N–H and O–H groups in total. The van der Waals surface area contributed by atoms with Gasteiger partial charge in [0.25, 0.3) is 0 Å². The van der Waals surface area contributed by atoms with Crippen LogP contribution in [-0.2, 0) is 0 Å². The van der Waals surface area contributed by atoms with Crippen molar-refractivity contribution in [3.63, 3.8) is 0 Å². The molecule has 0 bridgehead atoms. The van der Waals surface area contributed by atoms with Crippen molar-refractivity contribution in [2.45, 2.75) is 0 Å². The zero-order valence-corrected chi connectivity index (χ0v) is 13.8. The van der Waals surface area contributed by atoms with Crippen molar-refractivity contribution in [2.75, 3.05) is 26.1 Å². The second-order valence-electron chi connectivity index (χ2n) is 5.40. The van der Waals surface area contributed by atoms with Crippen LogP contribution in [0.1, 0.15) is 0 Å². The Kier molecular flexibility index (Phi) is 4.29. The van der Waals surface area contributed by atoms with Crippen molar-refractivity contribution >= 4 is 5.95 Å². The van der Waals surface area contributed by atoms with Gasteiger partial charge in [-0.1, -0.05) is 36.4 Å². The smallest absolute Gasteiger partial charge is 0.228 e. The van der Waals surface area contributed by atoms with E-state index in [1.54, 1.807) is 23.1 Å². The van der Waals surface area contributed by atoms with Gasteiger partial charge in [-0.05, 0) is 12.1 Å². The lowest BCUT2D eigenvalue weighted by Gasteiger charge is -2.14. The Hall–Kier alpha value is -3.15. The number of hydrogen-bond donors (Lipinski definition) is 1. The number of nitrogens with zero attached hydrogens (tertiary/aromatic N) is 4. The van der Waals surface area contributed by atoms with Crippen LogP contribution in [0.15, 0.2) is 48.5 Å². The molecule has 122 valence electrons. The highest BCUT2D eigenvalue weighted by Crippen LogP contribution is 2.36. The molecule has 0 saturated heterocycles. The quantitative estimate of drug-likeness (QED) is 0.796. The maximum absolute atomic E-state index is 10.4. The Morgan fingerprint density at radius 1 is 0.875 bits per heavy atom. The highest BCUT2D eigenvalue weighted by Gasteiger charge is 2.16. The van der Waals surface area contributed by atoms with Crippen LogP contribution in [0.4, 0.5) is 5.95 Å². The van der Waals surface area contributed by atoms with Crippen LogP contribution in [-0.4, -0.2) is 41.3 Å². The number of benzene rings is 2. The number of phenols is 1. The average molecular weight is 322 g/mol. The first-order valence-corrected chi connectivity index (χ1v) is 7.45. The normalized spacial score (nSPS) is 10.5. The lowest BCUT2D eigenvalue weighted by Crippen LogP contribution is -2.14. The minimum absolute atomic E-state index is 0.00918. The number of phenolic OH excluding ortho intramolecular Hbond substituents is 1. The van der Waals surface area contributed by atoms with E-state index in [9.17, 15) is 5.11 Å². The van der Waals surface area contributed by atoms with E-state index >= 15 is 0 Å². The molecule has 0 amide bonds. The Morgan fingerprint density at radius 2 is 1.58 bits per heavy atom. The lowest BCUT2D eigenvalue weighted by molar-refractivity contribution is 0.374. The molecule has 1 heterocycles. The number of rotatable bonds is 4. The molecule has 0 aliphatic heterocycles. The van der Waals surface area contributed by atoms with Crippen molar-refractivity contribution in [3.8, 4) is 34.3 Å². The molecule has 0 unspecified atom stereocenters. The predicted octanol–water partition coefficient (Wildman–Crippen LogP) is 2.99. The molecule has 0 atom stereocenters. The highest BCUT2D eigenvalue weighted by atomic mass is 16.5. The summed E-state index contributed by atoms with van der Waals surface area (Å²) in [6.45, 7) is 0. The molecule has 1 aromatic heterocycles. The van der Waals surface area contributed by atoms with Gasteiger partial charge >= 0.3 is 0 Å². The molecule has 6 heteroatoms. The summed E-state index contributed by atoms with van der Waals surface area (Å²) in [7, 11) is 5.23. The van der Waals surface area contributed by atoms with Crippen LogP contribution < -0.4 is 9.64 Å². The molecule has 24 heavy (non-hydrogen) atoms. The zero-order valence-electron chi connectivity index (χ0n) is 13.8. The number of methoxy groups -OCH3 is 1. The summed E-state index contributed by atoms with van der Waals surface area (Å²) in [6.07, 6.45) is 0. The predicted molar refractivity (Wildman–Crippen MR) is 93.2 cm³/mol. The van der Waals surface area contributed by atoms with Gasteiger partial charge in [0.2, 0.25) is 5.95 Å². The summed E-state index contributed by atoms with van der Waals surface area (Å²) in [5.74, 6) is 1.84. The molecule has 0 radical (unpaired) electrons. The van der Waals surface area contributed by atoms with Crippen LogP contribution in [0, 0.1) is 0 Å². The number of para-hydroxylation sites is 1. The Bertz CT molecular complexity index is 851. The number of ether oxygens (including phenoxy) is 1. The fraction of sp³-hybridized carbons (Fsp3) is 0.167. The van der Waals surface area contributed by atoms with E-state index < -0.39 is 0 Å². The minimum Gasteiger partial charge on any atom is -0.504 e. The molecule has 2 aromatic carbocycles. The maximum atomic E-state index is 10.4. The number of aromatic hydroxyl groups is 1. The fourth-order valence-electron chi connectivity index (χ4n) is 2.27. The van der Waals surface area contributed by atoms with Crippen molar-refractivity contribution in [1.29, 1.82) is 0 Å². The average Bonchev–Trinajstić information content (AvgIpc) is 2.62. The molecule has 0 saturated carbocycles. The third-order valence-electron chi connectivity index (χ3n) is 3.52. The molecule has 0 spiro atoms. The summed E-state index contributed by atoms with van der Waals surface area (Å²) in [6, 6.07) is 14.9. The van der Waals surface area contributed by atoms with Gasteiger partial charge in [0, 0.05) is 19.7 Å². The topological polar surface area (TPSA) is 71.4 Å². The summed E-state index contributed by atoms with van der Waals surface area (Å²) in [4.78, 5) is 15.3. The molecule has 0 aliphatic rings. The van der Waals surface area contributed by atoms with Crippen LogP contribution in [0.2, 0.25) is 0 Å². The summed E-state index contributed by atoms with van der Waals surface area (Å²) in [5.41, 5.74) is 1.38. The summed E-state index contributed by atoms with van der Waals surface area (Å²) in [5, 5.41) is 10.4. The van der Waals surface area contributed by atoms with Crippen molar-refractivity contribution in [3.05, 3.63) is 48.5 Å². The fourth-order valence-corrected chi connectivity index (χ4v) is 2.27. The van der Waals surface area contributed by atoms with Gasteiger partial charge in [0.05, 0.1) is 12.7 Å². The maximum Gasteiger partial charge on any atom is 0.228 e. The third kappa shape index (κ3) is 2.99. The van der Waals surface area contributed by atoms with Gasteiger partial charge < -0.3 is 14.7 Å². The first-order valence-electron chi connectivity index (χ1n) is 7.45. The number of anilines is 1. The van der Waals surface area contributed by atoms with E-state index in [2.05, 4.69) is 15.0 Å². The van der Waals surface area contributed by atoms with Gasteiger partial charge in [0.1, 0.15) is 0 Å². The van der Waals surface area contributed by atoms with Gasteiger partial charge in [-0.25, -0.2) is 4.98 Å². The molecule has 3 rings (SSSR count).